The maximum absolute atomic E-state index is 12.6. The van der Waals surface area contributed by atoms with Gasteiger partial charge in [-0.25, -0.2) is 0 Å². The Kier molecular flexibility index (Phi) is 7.53. The summed E-state index contributed by atoms with van der Waals surface area (Å²) in [6, 6.07) is 14.3. The molecule has 0 aromatic heterocycles. The van der Waals surface area contributed by atoms with Crippen LogP contribution in [0.1, 0.15) is 51.1 Å². The van der Waals surface area contributed by atoms with Crippen LogP contribution in [0.4, 0.5) is 11.4 Å². The Morgan fingerprint density at radius 3 is 2.38 bits per heavy atom. The van der Waals surface area contributed by atoms with Gasteiger partial charge in [0.1, 0.15) is 0 Å². The third kappa shape index (κ3) is 5.74. The monoisotopic (exact) mass is 437 g/mol. The van der Waals surface area contributed by atoms with Gasteiger partial charge in [0, 0.05) is 36.9 Å². The van der Waals surface area contributed by atoms with Gasteiger partial charge in [-0.2, -0.15) is 0 Å². The van der Waals surface area contributed by atoms with Gasteiger partial charge in [-0.15, -0.1) is 0 Å². The summed E-state index contributed by atoms with van der Waals surface area (Å²) in [5.41, 5.74) is 3.16. The van der Waals surface area contributed by atoms with Gasteiger partial charge in [-0.1, -0.05) is 19.9 Å². The Labute approximate surface area is 191 Å². The zero-order chi connectivity index (χ0) is 22.3. The van der Waals surface area contributed by atoms with Gasteiger partial charge in [0.25, 0.3) is 0 Å². The van der Waals surface area contributed by atoms with E-state index in [4.69, 9.17) is 9.47 Å². The SMILES string of the molecule is CC(C)C(NCC(=O)Nc1ccc(N2CCCCC2)cc1)c1ccc2c(c1)OCCCO2. The first kappa shape index (κ1) is 22.5. The highest BCUT2D eigenvalue weighted by atomic mass is 16.5. The molecule has 4 rings (SSSR count). The first-order valence-corrected chi connectivity index (χ1v) is 11.9. The molecule has 6 heteroatoms. The Morgan fingerprint density at radius 1 is 0.938 bits per heavy atom. The number of amides is 1. The van der Waals surface area contributed by atoms with Crippen LogP contribution in [0.25, 0.3) is 0 Å². The lowest BCUT2D eigenvalue weighted by Gasteiger charge is -2.28. The van der Waals surface area contributed by atoms with Gasteiger partial charge >= 0.3 is 0 Å². The molecule has 0 spiro atoms. The quantitative estimate of drug-likeness (QED) is 0.654. The zero-order valence-corrected chi connectivity index (χ0v) is 19.2. The van der Waals surface area contributed by atoms with E-state index in [1.54, 1.807) is 0 Å². The molecule has 1 atom stereocenters. The molecule has 2 heterocycles. The van der Waals surface area contributed by atoms with E-state index >= 15 is 0 Å². The van der Waals surface area contributed by atoms with Crippen LogP contribution in [-0.4, -0.2) is 38.8 Å². The molecule has 2 aromatic rings. The fourth-order valence-corrected chi connectivity index (χ4v) is 4.43. The zero-order valence-electron chi connectivity index (χ0n) is 19.2. The van der Waals surface area contributed by atoms with Crippen LogP contribution < -0.4 is 25.0 Å². The molecule has 1 unspecified atom stereocenters. The number of hydrogen-bond donors (Lipinski definition) is 2. The summed E-state index contributed by atoms with van der Waals surface area (Å²) in [4.78, 5) is 15.0. The lowest BCUT2D eigenvalue weighted by Crippen LogP contribution is -2.33. The van der Waals surface area contributed by atoms with E-state index in [9.17, 15) is 4.79 Å². The summed E-state index contributed by atoms with van der Waals surface area (Å²) in [7, 11) is 0. The van der Waals surface area contributed by atoms with Gasteiger partial charge in [-0.3, -0.25) is 4.79 Å². The number of hydrogen-bond acceptors (Lipinski definition) is 5. The van der Waals surface area contributed by atoms with Gasteiger partial charge < -0.3 is 25.0 Å². The number of anilines is 2. The van der Waals surface area contributed by atoms with E-state index in [2.05, 4.69) is 47.6 Å². The summed E-state index contributed by atoms with van der Waals surface area (Å²) in [6.07, 6.45) is 4.71. The van der Waals surface area contributed by atoms with E-state index in [1.807, 2.05) is 24.3 Å². The second-order valence-electron chi connectivity index (χ2n) is 9.00. The van der Waals surface area contributed by atoms with Crippen molar-refractivity contribution in [3.8, 4) is 11.5 Å². The van der Waals surface area contributed by atoms with Crippen molar-refractivity contribution < 1.29 is 14.3 Å². The summed E-state index contributed by atoms with van der Waals surface area (Å²) < 4.78 is 11.6. The topological polar surface area (TPSA) is 62.8 Å². The van der Waals surface area contributed by atoms with Crippen molar-refractivity contribution in [1.82, 2.24) is 5.32 Å². The van der Waals surface area contributed by atoms with Crippen molar-refractivity contribution in [2.75, 3.05) is 43.1 Å². The van der Waals surface area contributed by atoms with E-state index in [0.29, 0.717) is 19.1 Å². The fourth-order valence-electron chi connectivity index (χ4n) is 4.43. The summed E-state index contributed by atoms with van der Waals surface area (Å²) in [5.74, 6) is 1.84. The first-order chi connectivity index (χ1) is 15.6. The molecule has 0 radical (unpaired) electrons. The molecule has 1 amide bonds. The van der Waals surface area contributed by atoms with Crippen molar-refractivity contribution in [3.63, 3.8) is 0 Å². The van der Waals surface area contributed by atoms with Crippen LogP contribution in [-0.2, 0) is 4.79 Å². The van der Waals surface area contributed by atoms with Gasteiger partial charge in [-0.05, 0) is 67.1 Å². The molecule has 1 fully saturated rings. The van der Waals surface area contributed by atoms with Crippen LogP contribution >= 0.6 is 0 Å². The average molecular weight is 438 g/mol. The van der Waals surface area contributed by atoms with Crippen LogP contribution in [0.5, 0.6) is 11.5 Å². The number of ether oxygens (including phenoxy) is 2. The maximum atomic E-state index is 12.6. The molecule has 172 valence electrons. The first-order valence-electron chi connectivity index (χ1n) is 11.9. The third-order valence-corrected chi connectivity index (χ3v) is 6.15. The Balaban J connectivity index is 1.34. The molecule has 0 bridgehead atoms. The standard InChI is InChI=1S/C26H35N3O3/c1-19(2)26(20-7-12-23-24(17-20)32-16-6-15-31-23)27-18-25(30)28-21-8-10-22(11-9-21)29-13-4-3-5-14-29/h7-12,17,19,26-27H,3-6,13-16,18H2,1-2H3,(H,28,30). The van der Waals surface area contributed by atoms with E-state index in [-0.39, 0.29) is 18.5 Å². The van der Waals surface area contributed by atoms with Crippen LogP contribution in [0.15, 0.2) is 42.5 Å². The molecule has 2 aliphatic rings. The number of rotatable bonds is 7. The van der Waals surface area contributed by atoms with Gasteiger partial charge in [0.05, 0.1) is 19.8 Å². The normalized spacial score (nSPS) is 17.0. The minimum atomic E-state index is -0.0456. The summed E-state index contributed by atoms with van der Waals surface area (Å²) >= 11 is 0. The predicted molar refractivity (Wildman–Crippen MR) is 129 cm³/mol. The van der Waals surface area contributed by atoms with Crippen molar-refractivity contribution >= 4 is 17.3 Å². The lowest BCUT2D eigenvalue weighted by atomic mass is 9.95. The second-order valence-corrected chi connectivity index (χ2v) is 9.00. The Hall–Kier alpha value is -2.73. The van der Waals surface area contributed by atoms with Crippen molar-refractivity contribution in [2.24, 2.45) is 5.92 Å². The second kappa shape index (κ2) is 10.7. The van der Waals surface area contributed by atoms with Gasteiger partial charge in [0.2, 0.25) is 5.91 Å². The molecule has 0 saturated carbocycles. The predicted octanol–water partition coefficient (Wildman–Crippen LogP) is 4.76. The maximum Gasteiger partial charge on any atom is 0.238 e. The third-order valence-electron chi connectivity index (χ3n) is 6.15. The molecule has 2 aromatic carbocycles. The molecule has 2 aliphatic heterocycles. The molecule has 1 saturated heterocycles. The summed E-state index contributed by atoms with van der Waals surface area (Å²) in [5, 5.41) is 6.44. The Morgan fingerprint density at radius 2 is 1.66 bits per heavy atom. The van der Waals surface area contributed by atoms with Crippen LogP contribution in [0, 0.1) is 5.92 Å². The highest BCUT2D eigenvalue weighted by Gasteiger charge is 2.20. The Bertz CT molecular complexity index is 892. The van der Waals surface area contributed by atoms with Crippen molar-refractivity contribution in [1.29, 1.82) is 0 Å². The number of fused-ring (bicyclic) bond motifs is 1. The lowest BCUT2D eigenvalue weighted by molar-refractivity contribution is -0.115. The van der Waals surface area contributed by atoms with Crippen molar-refractivity contribution in [3.05, 3.63) is 48.0 Å². The highest BCUT2D eigenvalue weighted by Crippen LogP contribution is 2.34. The number of carbonyl (C=O) groups excluding carboxylic acids is 1. The smallest absolute Gasteiger partial charge is 0.238 e. The molecule has 6 nitrogen and oxygen atoms in total. The number of carbonyl (C=O) groups is 1. The molecule has 32 heavy (non-hydrogen) atoms. The number of nitrogens with zero attached hydrogens (tertiary/aromatic N) is 1. The van der Waals surface area contributed by atoms with E-state index in [0.717, 1.165) is 42.3 Å². The molecule has 0 aliphatic carbocycles. The fraction of sp³-hybridized carbons (Fsp3) is 0.500. The van der Waals surface area contributed by atoms with Crippen LogP contribution in [0.2, 0.25) is 0 Å². The van der Waals surface area contributed by atoms with E-state index < -0.39 is 0 Å². The highest BCUT2D eigenvalue weighted by molar-refractivity contribution is 5.92. The largest absolute Gasteiger partial charge is 0.490 e. The number of benzene rings is 2. The minimum Gasteiger partial charge on any atom is -0.490 e. The van der Waals surface area contributed by atoms with Crippen molar-refractivity contribution in [2.45, 2.75) is 45.6 Å². The number of nitrogens with one attached hydrogen (secondary N) is 2. The van der Waals surface area contributed by atoms with Crippen LogP contribution in [0.3, 0.4) is 0 Å². The average Bonchev–Trinajstić information content (AvgIpc) is 3.05. The molecule has 2 N–H and O–H groups in total. The number of piperidine rings is 1. The molecular weight excluding hydrogens is 402 g/mol. The van der Waals surface area contributed by atoms with E-state index in [1.165, 1.54) is 24.9 Å². The minimum absolute atomic E-state index is 0.0411. The molecular formula is C26H35N3O3. The van der Waals surface area contributed by atoms with Gasteiger partial charge in [0.15, 0.2) is 11.5 Å². The summed E-state index contributed by atoms with van der Waals surface area (Å²) in [6.45, 7) is 8.12.